The number of urea groups is 1. The number of hydrogen-bond donors (Lipinski definition) is 1. The minimum absolute atomic E-state index is 0.0330. The fraction of sp³-hybridized carbons (Fsp3) is 0.269. The maximum absolute atomic E-state index is 12.7. The van der Waals surface area contributed by atoms with Crippen molar-refractivity contribution in [2.24, 2.45) is 0 Å². The van der Waals surface area contributed by atoms with Crippen LogP contribution in [0.25, 0.3) is 0 Å². The quantitative estimate of drug-likeness (QED) is 0.535. The van der Waals surface area contributed by atoms with Gasteiger partial charge in [0.25, 0.3) is 0 Å². The molecule has 0 aromatic heterocycles. The third-order valence-electron chi connectivity index (χ3n) is 5.78. The van der Waals surface area contributed by atoms with Crippen LogP contribution in [0.4, 0.5) is 4.79 Å². The van der Waals surface area contributed by atoms with Gasteiger partial charge in [-0.05, 0) is 35.2 Å². The van der Waals surface area contributed by atoms with Gasteiger partial charge in [-0.15, -0.1) is 0 Å². The molecule has 31 heavy (non-hydrogen) atoms. The molecule has 0 atom stereocenters. The van der Waals surface area contributed by atoms with E-state index in [-0.39, 0.29) is 12.1 Å². The molecule has 1 aliphatic heterocycles. The van der Waals surface area contributed by atoms with Crippen LogP contribution in [0.2, 0.25) is 0 Å². The van der Waals surface area contributed by atoms with E-state index in [0.717, 1.165) is 37.1 Å². The van der Waals surface area contributed by atoms with Crippen molar-refractivity contribution >= 4 is 22.0 Å². The van der Waals surface area contributed by atoms with Crippen LogP contribution in [0, 0.1) is 0 Å². The van der Waals surface area contributed by atoms with E-state index in [9.17, 15) is 4.79 Å². The number of benzene rings is 3. The fourth-order valence-corrected chi connectivity index (χ4v) is 4.63. The summed E-state index contributed by atoms with van der Waals surface area (Å²) in [6.07, 6.45) is 0.829. The Morgan fingerprint density at radius 3 is 2.03 bits per heavy atom. The molecule has 0 bridgehead atoms. The molecule has 0 spiro atoms. The van der Waals surface area contributed by atoms with Gasteiger partial charge in [-0.3, -0.25) is 4.90 Å². The van der Waals surface area contributed by atoms with E-state index in [1.807, 2.05) is 17.0 Å². The Bertz CT molecular complexity index is 933. The summed E-state index contributed by atoms with van der Waals surface area (Å²) >= 11 is 3.50. The highest BCUT2D eigenvalue weighted by molar-refractivity contribution is 9.10. The lowest BCUT2D eigenvalue weighted by Gasteiger charge is -2.39. The minimum Gasteiger partial charge on any atom is -0.338 e. The van der Waals surface area contributed by atoms with Crippen LogP contribution in [0.15, 0.2) is 89.4 Å². The maximum atomic E-state index is 12.7. The van der Waals surface area contributed by atoms with Gasteiger partial charge in [0, 0.05) is 37.2 Å². The van der Waals surface area contributed by atoms with E-state index in [4.69, 9.17) is 0 Å². The number of carbonyl (C=O) groups is 1. The van der Waals surface area contributed by atoms with E-state index in [1.165, 1.54) is 16.7 Å². The molecule has 160 valence electrons. The van der Waals surface area contributed by atoms with Gasteiger partial charge in [0.1, 0.15) is 0 Å². The van der Waals surface area contributed by atoms with Gasteiger partial charge in [0.05, 0.1) is 6.04 Å². The molecule has 0 saturated carbocycles. The van der Waals surface area contributed by atoms with Gasteiger partial charge in [-0.1, -0.05) is 88.7 Å². The summed E-state index contributed by atoms with van der Waals surface area (Å²) < 4.78 is 1.07. The van der Waals surface area contributed by atoms with Gasteiger partial charge in [0.2, 0.25) is 0 Å². The van der Waals surface area contributed by atoms with Crippen LogP contribution >= 0.6 is 15.9 Å². The summed E-state index contributed by atoms with van der Waals surface area (Å²) in [4.78, 5) is 17.1. The van der Waals surface area contributed by atoms with Crippen molar-refractivity contribution in [1.82, 2.24) is 15.1 Å². The molecule has 5 heteroatoms. The molecule has 1 N–H and O–H groups in total. The minimum atomic E-state index is 0.0330. The van der Waals surface area contributed by atoms with E-state index in [0.29, 0.717) is 6.54 Å². The topological polar surface area (TPSA) is 35.6 Å². The zero-order valence-corrected chi connectivity index (χ0v) is 19.2. The van der Waals surface area contributed by atoms with Gasteiger partial charge in [0.15, 0.2) is 0 Å². The molecule has 3 aromatic carbocycles. The van der Waals surface area contributed by atoms with E-state index in [2.05, 4.69) is 98.9 Å². The van der Waals surface area contributed by atoms with Crippen LogP contribution in [-0.4, -0.2) is 48.6 Å². The lowest BCUT2D eigenvalue weighted by atomic mass is 9.96. The average Bonchev–Trinajstić information content (AvgIpc) is 2.81. The highest BCUT2D eigenvalue weighted by atomic mass is 79.9. The lowest BCUT2D eigenvalue weighted by molar-refractivity contribution is 0.120. The highest BCUT2D eigenvalue weighted by Crippen LogP contribution is 2.29. The predicted molar refractivity (Wildman–Crippen MR) is 129 cm³/mol. The first-order chi connectivity index (χ1) is 15.2. The first-order valence-electron chi connectivity index (χ1n) is 10.8. The third-order valence-corrected chi connectivity index (χ3v) is 6.27. The Balaban J connectivity index is 1.33. The van der Waals surface area contributed by atoms with Crippen LogP contribution in [0.1, 0.15) is 22.7 Å². The second-order valence-corrected chi connectivity index (χ2v) is 8.77. The molecule has 2 amide bonds. The Labute approximate surface area is 193 Å². The number of nitrogens with one attached hydrogen (secondary N) is 1. The average molecular weight is 478 g/mol. The van der Waals surface area contributed by atoms with Crippen molar-refractivity contribution in [2.75, 3.05) is 32.7 Å². The Hall–Kier alpha value is -2.63. The molecule has 1 heterocycles. The number of rotatable bonds is 6. The molecule has 4 rings (SSSR count). The molecule has 1 saturated heterocycles. The Morgan fingerprint density at radius 1 is 0.839 bits per heavy atom. The van der Waals surface area contributed by atoms with E-state index >= 15 is 0 Å². The van der Waals surface area contributed by atoms with Crippen molar-refractivity contribution < 1.29 is 4.79 Å². The zero-order chi connectivity index (χ0) is 21.5. The van der Waals surface area contributed by atoms with Crippen LogP contribution in [0.3, 0.4) is 0 Å². The zero-order valence-electron chi connectivity index (χ0n) is 17.6. The third kappa shape index (κ3) is 5.75. The van der Waals surface area contributed by atoms with Gasteiger partial charge in [-0.2, -0.15) is 0 Å². The van der Waals surface area contributed by atoms with Crippen molar-refractivity contribution in [2.45, 2.75) is 12.5 Å². The number of halogens is 1. The molecule has 0 unspecified atom stereocenters. The summed E-state index contributed by atoms with van der Waals surface area (Å²) in [5.41, 5.74) is 3.80. The number of amides is 2. The van der Waals surface area contributed by atoms with Crippen molar-refractivity contribution in [3.63, 3.8) is 0 Å². The smallest absolute Gasteiger partial charge is 0.317 e. The first-order valence-corrected chi connectivity index (χ1v) is 11.6. The van der Waals surface area contributed by atoms with Crippen LogP contribution < -0.4 is 5.32 Å². The second kappa shape index (κ2) is 10.6. The monoisotopic (exact) mass is 477 g/mol. The van der Waals surface area contributed by atoms with E-state index < -0.39 is 0 Å². The molecule has 0 radical (unpaired) electrons. The number of carbonyl (C=O) groups excluding carboxylic acids is 1. The molecular formula is C26H28BrN3O. The summed E-state index contributed by atoms with van der Waals surface area (Å²) in [6, 6.07) is 29.7. The standard InChI is InChI=1S/C26H28BrN3O/c27-24-13-7-8-21(20-24)14-15-28-26(31)30-18-16-29(17-19-30)25(22-9-3-1-4-10-22)23-11-5-2-6-12-23/h1-13,20,25H,14-19H2,(H,28,31). The van der Waals surface area contributed by atoms with Gasteiger partial charge >= 0.3 is 6.03 Å². The predicted octanol–water partition coefficient (Wildman–Crippen LogP) is 5.11. The highest BCUT2D eigenvalue weighted by Gasteiger charge is 2.27. The molecule has 3 aromatic rings. The Morgan fingerprint density at radius 2 is 1.45 bits per heavy atom. The molecule has 4 nitrogen and oxygen atoms in total. The molecule has 1 fully saturated rings. The molecule has 0 aliphatic carbocycles. The number of piperazine rings is 1. The summed E-state index contributed by atoms with van der Waals surface area (Å²) in [6.45, 7) is 3.82. The second-order valence-electron chi connectivity index (χ2n) is 7.86. The number of hydrogen-bond acceptors (Lipinski definition) is 2. The molecule has 1 aliphatic rings. The van der Waals surface area contributed by atoms with Gasteiger partial charge in [-0.25, -0.2) is 4.79 Å². The number of nitrogens with zero attached hydrogens (tertiary/aromatic N) is 2. The van der Waals surface area contributed by atoms with Crippen LogP contribution in [0.5, 0.6) is 0 Å². The lowest BCUT2D eigenvalue weighted by Crippen LogP contribution is -2.52. The van der Waals surface area contributed by atoms with Crippen LogP contribution in [-0.2, 0) is 6.42 Å². The summed E-state index contributed by atoms with van der Waals surface area (Å²) in [7, 11) is 0. The summed E-state index contributed by atoms with van der Waals surface area (Å²) in [5.74, 6) is 0. The summed E-state index contributed by atoms with van der Waals surface area (Å²) in [5, 5.41) is 3.08. The van der Waals surface area contributed by atoms with Crippen molar-refractivity contribution in [3.05, 3.63) is 106 Å². The van der Waals surface area contributed by atoms with Gasteiger partial charge < -0.3 is 10.2 Å². The largest absolute Gasteiger partial charge is 0.338 e. The fourth-order valence-electron chi connectivity index (χ4n) is 4.19. The SMILES string of the molecule is O=C(NCCc1cccc(Br)c1)N1CCN(C(c2ccccc2)c2ccccc2)CC1. The Kier molecular flexibility index (Phi) is 7.39. The maximum Gasteiger partial charge on any atom is 0.317 e. The van der Waals surface area contributed by atoms with Crippen molar-refractivity contribution in [1.29, 1.82) is 0 Å². The van der Waals surface area contributed by atoms with E-state index in [1.54, 1.807) is 0 Å². The first kappa shape index (κ1) is 21.6. The van der Waals surface area contributed by atoms with Crippen molar-refractivity contribution in [3.8, 4) is 0 Å². The normalized spacial score (nSPS) is 14.6. The molecular weight excluding hydrogens is 450 g/mol.